The zero-order chi connectivity index (χ0) is 17.1. The Morgan fingerprint density at radius 2 is 2.04 bits per heavy atom. The smallest absolute Gasteiger partial charge is 0.279 e. The predicted molar refractivity (Wildman–Crippen MR) is 99.3 cm³/mol. The van der Waals surface area contributed by atoms with Crippen molar-refractivity contribution in [3.8, 4) is 5.75 Å². The van der Waals surface area contributed by atoms with Gasteiger partial charge in [0.05, 0.1) is 23.5 Å². The van der Waals surface area contributed by atoms with Crippen molar-refractivity contribution in [2.75, 3.05) is 18.6 Å². The fourth-order valence-corrected chi connectivity index (χ4v) is 3.15. The predicted octanol–water partition coefficient (Wildman–Crippen LogP) is 3.65. The molecule has 1 aliphatic heterocycles. The van der Waals surface area contributed by atoms with E-state index in [4.69, 9.17) is 4.74 Å². The SMILES string of the molecule is CCN1C(=O)/C(=N/N=C\c2ccc(OC)c(Br)c2)c2ccccc21. The number of amides is 1. The summed E-state index contributed by atoms with van der Waals surface area (Å²) in [5, 5.41) is 8.25. The summed E-state index contributed by atoms with van der Waals surface area (Å²) in [7, 11) is 1.61. The van der Waals surface area contributed by atoms with Crippen LogP contribution in [0.3, 0.4) is 0 Å². The molecule has 1 amide bonds. The molecule has 0 N–H and O–H groups in total. The molecule has 0 atom stereocenters. The molecule has 0 bridgehead atoms. The molecule has 2 aromatic rings. The Morgan fingerprint density at radius 1 is 1.25 bits per heavy atom. The van der Waals surface area contributed by atoms with Crippen LogP contribution in [0.25, 0.3) is 0 Å². The Morgan fingerprint density at radius 3 is 2.75 bits per heavy atom. The lowest BCUT2D eigenvalue weighted by atomic mass is 10.1. The van der Waals surface area contributed by atoms with E-state index in [9.17, 15) is 4.79 Å². The van der Waals surface area contributed by atoms with Gasteiger partial charge in [0.25, 0.3) is 5.91 Å². The van der Waals surface area contributed by atoms with Gasteiger partial charge >= 0.3 is 0 Å². The first-order valence-electron chi connectivity index (χ1n) is 7.51. The van der Waals surface area contributed by atoms with Crippen molar-refractivity contribution in [3.63, 3.8) is 0 Å². The maximum absolute atomic E-state index is 12.5. The second-order valence-electron chi connectivity index (χ2n) is 5.15. The van der Waals surface area contributed by atoms with E-state index >= 15 is 0 Å². The van der Waals surface area contributed by atoms with E-state index in [0.717, 1.165) is 27.0 Å². The summed E-state index contributed by atoms with van der Waals surface area (Å²) in [6, 6.07) is 13.2. The number of ether oxygens (including phenoxy) is 1. The summed E-state index contributed by atoms with van der Waals surface area (Å²) in [5.41, 5.74) is 2.93. The summed E-state index contributed by atoms with van der Waals surface area (Å²) < 4.78 is 6.03. The van der Waals surface area contributed by atoms with Crippen molar-refractivity contribution in [3.05, 3.63) is 58.1 Å². The second-order valence-corrected chi connectivity index (χ2v) is 6.01. The quantitative estimate of drug-likeness (QED) is 0.595. The lowest BCUT2D eigenvalue weighted by molar-refractivity contribution is -0.112. The first-order valence-corrected chi connectivity index (χ1v) is 8.30. The minimum Gasteiger partial charge on any atom is -0.496 e. The van der Waals surface area contributed by atoms with E-state index in [1.54, 1.807) is 18.2 Å². The normalized spacial score (nSPS) is 15.4. The molecule has 6 heteroatoms. The summed E-state index contributed by atoms with van der Waals surface area (Å²) in [6.07, 6.45) is 1.61. The van der Waals surface area contributed by atoms with Crippen LogP contribution in [0.2, 0.25) is 0 Å². The maximum atomic E-state index is 12.5. The number of halogens is 1. The number of hydrogen-bond donors (Lipinski definition) is 0. The number of carbonyl (C=O) groups is 1. The highest BCUT2D eigenvalue weighted by Gasteiger charge is 2.32. The Kier molecular flexibility index (Phi) is 4.76. The molecule has 24 heavy (non-hydrogen) atoms. The van der Waals surface area contributed by atoms with Gasteiger partial charge < -0.3 is 9.64 Å². The zero-order valence-electron chi connectivity index (χ0n) is 13.4. The Hall–Kier alpha value is -2.47. The average molecular weight is 386 g/mol. The summed E-state index contributed by atoms with van der Waals surface area (Å²) in [6.45, 7) is 2.54. The minimum absolute atomic E-state index is 0.119. The van der Waals surface area contributed by atoms with Crippen LogP contribution in [-0.4, -0.2) is 31.5 Å². The molecular weight excluding hydrogens is 370 g/mol. The lowest BCUT2D eigenvalue weighted by Gasteiger charge is -2.12. The maximum Gasteiger partial charge on any atom is 0.279 e. The van der Waals surface area contributed by atoms with Gasteiger partial charge in [0.2, 0.25) is 0 Å². The van der Waals surface area contributed by atoms with Gasteiger partial charge in [-0.25, -0.2) is 0 Å². The van der Waals surface area contributed by atoms with Gasteiger partial charge in [0.1, 0.15) is 5.75 Å². The van der Waals surface area contributed by atoms with E-state index in [-0.39, 0.29) is 5.91 Å². The number of methoxy groups -OCH3 is 1. The lowest BCUT2D eigenvalue weighted by Crippen LogP contribution is -2.29. The van der Waals surface area contributed by atoms with E-state index in [0.29, 0.717) is 12.3 Å². The number of rotatable bonds is 4. The molecule has 0 radical (unpaired) electrons. The molecule has 0 aliphatic carbocycles. The van der Waals surface area contributed by atoms with E-state index < -0.39 is 0 Å². The van der Waals surface area contributed by atoms with E-state index in [1.165, 1.54) is 0 Å². The molecule has 0 fully saturated rings. The fourth-order valence-electron chi connectivity index (χ4n) is 2.59. The molecule has 122 valence electrons. The number of nitrogens with zero attached hydrogens (tertiary/aromatic N) is 3. The van der Waals surface area contributed by atoms with Crippen molar-refractivity contribution in [2.24, 2.45) is 10.2 Å². The number of hydrogen-bond acceptors (Lipinski definition) is 4. The highest BCUT2D eigenvalue weighted by Crippen LogP contribution is 2.29. The first-order chi connectivity index (χ1) is 11.7. The number of likely N-dealkylation sites (N-methyl/N-ethyl adjacent to an activating group) is 1. The van der Waals surface area contributed by atoms with Gasteiger partial charge in [0.15, 0.2) is 5.71 Å². The van der Waals surface area contributed by atoms with Crippen LogP contribution in [-0.2, 0) is 4.79 Å². The molecular formula is C18H16BrN3O2. The topological polar surface area (TPSA) is 54.3 Å². The molecule has 0 aromatic heterocycles. The first kappa shape index (κ1) is 16.4. The summed E-state index contributed by atoms with van der Waals surface area (Å²) in [5.74, 6) is 0.628. The van der Waals surface area contributed by atoms with Crippen LogP contribution in [0.15, 0.2) is 57.1 Å². The number of para-hydroxylation sites is 1. The Bertz CT molecular complexity index is 846. The van der Waals surface area contributed by atoms with Crippen LogP contribution < -0.4 is 9.64 Å². The third kappa shape index (κ3) is 2.97. The van der Waals surface area contributed by atoms with Crippen LogP contribution in [0, 0.1) is 0 Å². The number of carbonyl (C=O) groups excluding carboxylic acids is 1. The minimum atomic E-state index is -0.119. The number of anilines is 1. The van der Waals surface area contributed by atoms with Crippen LogP contribution >= 0.6 is 15.9 Å². The van der Waals surface area contributed by atoms with Crippen LogP contribution in [0.5, 0.6) is 5.75 Å². The molecule has 1 aliphatic rings. The van der Waals surface area contributed by atoms with Gasteiger partial charge in [-0.1, -0.05) is 18.2 Å². The number of benzene rings is 2. The van der Waals surface area contributed by atoms with Crippen molar-refractivity contribution < 1.29 is 9.53 Å². The van der Waals surface area contributed by atoms with Gasteiger partial charge in [0, 0.05) is 12.1 Å². The fraction of sp³-hybridized carbons (Fsp3) is 0.167. The monoisotopic (exact) mass is 385 g/mol. The van der Waals surface area contributed by atoms with Gasteiger partial charge in [-0.15, -0.1) is 5.10 Å². The van der Waals surface area contributed by atoms with Crippen molar-refractivity contribution in [1.29, 1.82) is 0 Å². The highest BCUT2D eigenvalue weighted by atomic mass is 79.9. The molecule has 0 saturated heterocycles. The van der Waals surface area contributed by atoms with Crippen molar-refractivity contribution in [2.45, 2.75) is 6.92 Å². The molecule has 0 spiro atoms. The molecule has 0 unspecified atom stereocenters. The van der Waals surface area contributed by atoms with Gasteiger partial charge in [-0.05, 0) is 52.7 Å². The molecule has 1 heterocycles. The Balaban J connectivity index is 1.89. The molecule has 0 saturated carbocycles. The van der Waals surface area contributed by atoms with Crippen LogP contribution in [0.4, 0.5) is 5.69 Å². The third-order valence-corrected chi connectivity index (χ3v) is 4.37. The van der Waals surface area contributed by atoms with Crippen LogP contribution in [0.1, 0.15) is 18.1 Å². The number of fused-ring (bicyclic) bond motifs is 1. The highest BCUT2D eigenvalue weighted by molar-refractivity contribution is 9.10. The largest absolute Gasteiger partial charge is 0.496 e. The molecule has 3 rings (SSSR count). The second kappa shape index (κ2) is 6.97. The molecule has 2 aromatic carbocycles. The van der Waals surface area contributed by atoms with Gasteiger partial charge in [-0.3, -0.25) is 4.79 Å². The zero-order valence-corrected chi connectivity index (χ0v) is 14.9. The average Bonchev–Trinajstić information content (AvgIpc) is 2.86. The van der Waals surface area contributed by atoms with E-state index in [1.807, 2.05) is 49.4 Å². The van der Waals surface area contributed by atoms with Gasteiger partial charge in [-0.2, -0.15) is 5.10 Å². The molecule has 5 nitrogen and oxygen atoms in total. The standard InChI is InChI=1S/C18H16BrN3O2/c1-3-22-15-7-5-4-6-13(15)17(18(22)23)21-20-11-12-8-9-16(24-2)14(19)10-12/h4-11H,3H2,1-2H3/b20-11-,21-17+. The van der Waals surface area contributed by atoms with Crippen molar-refractivity contribution >= 4 is 39.5 Å². The summed E-state index contributed by atoms with van der Waals surface area (Å²) in [4.78, 5) is 14.2. The van der Waals surface area contributed by atoms with Crippen molar-refractivity contribution in [1.82, 2.24) is 0 Å². The summed E-state index contributed by atoms with van der Waals surface area (Å²) >= 11 is 3.43. The Labute approximate surface area is 148 Å². The van der Waals surface area contributed by atoms with E-state index in [2.05, 4.69) is 26.1 Å². The third-order valence-electron chi connectivity index (χ3n) is 3.75.